The van der Waals surface area contributed by atoms with Crippen LogP contribution in [0.25, 0.3) is 16.8 Å². The zero-order valence-electron chi connectivity index (χ0n) is 15.0. The second-order valence-corrected chi connectivity index (χ2v) is 8.06. The number of nitrogens with one attached hydrogen (secondary N) is 2. The third-order valence-electron chi connectivity index (χ3n) is 3.74. The van der Waals surface area contributed by atoms with Gasteiger partial charge in [0.15, 0.2) is 5.65 Å². The zero-order valence-corrected chi connectivity index (χ0v) is 15.8. The summed E-state index contributed by atoms with van der Waals surface area (Å²) in [6.07, 6.45) is 4.60. The summed E-state index contributed by atoms with van der Waals surface area (Å²) in [6, 6.07) is 9.05. The molecule has 2 N–H and O–H groups in total. The van der Waals surface area contributed by atoms with Crippen molar-refractivity contribution in [1.29, 1.82) is 0 Å². The summed E-state index contributed by atoms with van der Waals surface area (Å²) in [4.78, 5) is 6.53. The van der Waals surface area contributed by atoms with Crippen molar-refractivity contribution in [2.24, 2.45) is 0 Å². The molecule has 0 saturated carbocycles. The number of hydrogen-bond donors (Lipinski definition) is 2. The van der Waals surface area contributed by atoms with Crippen molar-refractivity contribution in [2.75, 3.05) is 43.5 Å². The Labute approximate surface area is 152 Å². The van der Waals surface area contributed by atoms with E-state index in [0.29, 0.717) is 11.3 Å². The number of fused-ring (bicyclic) bond motifs is 1. The Hall–Kier alpha value is -2.65. The van der Waals surface area contributed by atoms with Crippen LogP contribution in [0.5, 0.6) is 0 Å². The molecule has 0 aliphatic heterocycles. The maximum Gasteiger partial charge on any atom is 0.229 e. The summed E-state index contributed by atoms with van der Waals surface area (Å²) < 4.78 is 27.1. The van der Waals surface area contributed by atoms with E-state index in [1.807, 2.05) is 26.2 Å². The monoisotopic (exact) mass is 374 g/mol. The quantitative estimate of drug-likeness (QED) is 0.655. The van der Waals surface area contributed by atoms with Crippen LogP contribution in [0.1, 0.15) is 0 Å². The maximum atomic E-state index is 11.5. The highest BCUT2D eigenvalue weighted by Crippen LogP contribution is 2.27. The molecular formula is C17H22N6O2S. The Morgan fingerprint density at radius 1 is 1.23 bits per heavy atom. The molecule has 0 aliphatic rings. The Morgan fingerprint density at radius 3 is 2.77 bits per heavy atom. The second-order valence-electron chi connectivity index (χ2n) is 6.31. The van der Waals surface area contributed by atoms with Crippen LogP contribution in [0.15, 0.2) is 42.7 Å². The van der Waals surface area contributed by atoms with Gasteiger partial charge in [0.25, 0.3) is 0 Å². The smallest absolute Gasteiger partial charge is 0.229 e. The predicted octanol–water partition coefficient (Wildman–Crippen LogP) is 1.74. The highest BCUT2D eigenvalue weighted by atomic mass is 32.2. The first kappa shape index (κ1) is 18.2. The number of likely N-dealkylation sites (N-methyl/N-ethyl adjacent to an activating group) is 1. The van der Waals surface area contributed by atoms with E-state index in [1.54, 1.807) is 35.1 Å². The molecule has 9 heteroatoms. The number of hydrogen-bond acceptors (Lipinski definition) is 6. The summed E-state index contributed by atoms with van der Waals surface area (Å²) in [5, 5.41) is 7.79. The summed E-state index contributed by atoms with van der Waals surface area (Å²) in [5.41, 5.74) is 2.88. The van der Waals surface area contributed by atoms with Crippen LogP contribution in [0.2, 0.25) is 0 Å². The molecule has 0 bridgehead atoms. The number of sulfonamides is 1. The molecule has 138 valence electrons. The lowest BCUT2D eigenvalue weighted by Gasteiger charge is -2.12. The SMILES string of the molecule is CN(C)CCNc1ccnc2c(-c3cccc(NS(C)(=O)=O)c3)cnn12. The fourth-order valence-electron chi connectivity index (χ4n) is 2.60. The Morgan fingerprint density at radius 2 is 2.04 bits per heavy atom. The minimum absolute atomic E-state index is 0.504. The van der Waals surface area contributed by atoms with Gasteiger partial charge in [-0.25, -0.2) is 13.4 Å². The number of nitrogens with zero attached hydrogens (tertiary/aromatic N) is 4. The standard InChI is InChI=1S/C17H22N6O2S/c1-22(2)10-9-18-16-7-8-19-17-15(12-20-23(16)17)13-5-4-6-14(11-13)21-26(3,24)25/h4-8,11-12,18,21H,9-10H2,1-3H3. The van der Waals surface area contributed by atoms with E-state index in [2.05, 4.69) is 25.0 Å². The van der Waals surface area contributed by atoms with E-state index in [9.17, 15) is 8.42 Å². The van der Waals surface area contributed by atoms with E-state index in [0.717, 1.165) is 36.3 Å². The number of anilines is 2. The molecule has 0 saturated heterocycles. The van der Waals surface area contributed by atoms with Crippen molar-refractivity contribution in [3.63, 3.8) is 0 Å². The van der Waals surface area contributed by atoms with Gasteiger partial charge in [0, 0.05) is 30.5 Å². The van der Waals surface area contributed by atoms with Crippen LogP contribution in [0.3, 0.4) is 0 Å². The molecule has 3 aromatic rings. The van der Waals surface area contributed by atoms with Crippen LogP contribution in [0, 0.1) is 0 Å². The number of benzene rings is 1. The molecule has 8 nitrogen and oxygen atoms in total. The van der Waals surface area contributed by atoms with Crippen molar-refractivity contribution >= 4 is 27.2 Å². The second kappa shape index (κ2) is 7.30. The van der Waals surface area contributed by atoms with E-state index in [1.165, 1.54) is 0 Å². The highest BCUT2D eigenvalue weighted by Gasteiger charge is 2.12. The predicted molar refractivity (Wildman–Crippen MR) is 104 cm³/mol. The lowest BCUT2D eigenvalue weighted by Crippen LogP contribution is -2.21. The van der Waals surface area contributed by atoms with Crippen LogP contribution in [-0.4, -0.2) is 61.4 Å². The van der Waals surface area contributed by atoms with Gasteiger partial charge in [0.2, 0.25) is 10.0 Å². The van der Waals surface area contributed by atoms with Gasteiger partial charge in [0.1, 0.15) is 5.82 Å². The molecule has 2 heterocycles. The minimum atomic E-state index is -3.33. The van der Waals surface area contributed by atoms with Crippen molar-refractivity contribution in [2.45, 2.75) is 0 Å². The minimum Gasteiger partial charge on any atom is -0.369 e. The van der Waals surface area contributed by atoms with Gasteiger partial charge in [-0.15, -0.1) is 0 Å². The molecule has 0 radical (unpaired) electrons. The van der Waals surface area contributed by atoms with Gasteiger partial charge >= 0.3 is 0 Å². The fourth-order valence-corrected chi connectivity index (χ4v) is 3.16. The third-order valence-corrected chi connectivity index (χ3v) is 4.35. The average Bonchev–Trinajstić information content (AvgIpc) is 2.98. The Balaban J connectivity index is 1.93. The Bertz CT molecular complexity index is 1010. The van der Waals surface area contributed by atoms with E-state index in [4.69, 9.17) is 0 Å². The fraction of sp³-hybridized carbons (Fsp3) is 0.294. The van der Waals surface area contributed by atoms with E-state index < -0.39 is 10.0 Å². The molecule has 2 aromatic heterocycles. The zero-order chi connectivity index (χ0) is 18.7. The summed E-state index contributed by atoms with van der Waals surface area (Å²) in [6.45, 7) is 1.69. The first-order chi connectivity index (χ1) is 12.3. The molecule has 3 rings (SSSR count). The first-order valence-corrected chi connectivity index (χ1v) is 10.0. The van der Waals surface area contributed by atoms with Crippen LogP contribution in [0.4, 0.5) is 11.5 Å². The lowest BCUT2D eigenvalue weighted by molar-refractivity contribution is 0.425. The molecule has 0 fully saturated rings. The molecule has 0 spiro atoms. The average molecular weight is 374 g/mol. The van der Waals surface area contributed by atoms with E-state index in [-0.39, 0.29) is 0 Å². The molecule has 0 amide bonds. The Kier molecular flexibility index (Phi) is 5.10. The van der Waals surface area contributed by atoms with Crippen molar-refractivity contribution < 1.29 is 8.42 Å². The lowest BCUT2D eigenvalue weighted by atomic mass is 10.1. The van der Waals surface area contributed by atoms with Crippen LogP contribution in [-0.2, 0) is 10.0 Å². The topological polar surface area (TPSA) is 91.6 Å². The van der Waals surface area contributed by atoms with Gasteiger partial charge in [-0.1, -0.05) is 12.1 Å². The van der Waals surface area contributed by atoms with Gasteiger partial charge in [-0.2, -0.15) is 9.61 Å². The van der Waals surface area contributed by atoms with Crippen molar-refractivity contribution in [3.8, 4) is 11.1 Å². The molecule has 0 aliphatic carbocycles. The van der Waals surface area contributed by atoms with Gasteiger partial charge in [-0.3, -0.25) is 4.72 Å². The molecule has 0 atom stereocenters. The van der Waals surface area contributed by atoms with Crippen LogP contribution < -0.4 is 10.0 Å². The van der Waals surface area contributed by atoms with E-state index >= 15 is 0 Å². The van der Waals surface area contributed by atoms with Gasteiger partial charge < -0.3 is 10.2 Å². The summed E-state index contributed by atoms with van der Waals surface area (Å²) in [7, 11) is 0.713. The van der Waals surface area contributed by atoms with Crippen LogP contribution >= 0.6 is 0 Å². The maximum absolute atomic E-state index is 11.5. The molecule has 1 aromatic carbocycles. The molecule has 26 heavy (non-hydrogen) atoms. The summed E-state index contributed by atoms with van der Waals surface area (Å²) >= 11 is 0. The van der Waals surface area contributed by atoms with Gasteiger partial charge in [-0.05, 0) is 37.9 Å². The third kappa shape index (κ3) is 4.30. The molecular weight excluding hydrogens is 352 g/mol. The van der Waals surface area contributed by atoms with Crippen molar-refractivity contribution in [3.05, 3.63) is 42.7 Å². The van der Waals surface area contributed by atoms with Gasteiger partial charge in [0.05, 0.1) is 12.5 Å². The summed E-state index contributed by atoms with van der Waals surface area (Å²) in [5.74, 6) is 0.855. The number of rotatable bonds is 7. The largest absolute Gasteiger partial charge is 0.369 e. The molecule has 0 unspecified atom stereocenters. The van der Waals surface area contributed by atoms with Crippen molar-refractivity contribution in [1.82, 2.24) is 19.5 Å². The first-order valence-electron chi connectivity index (χ1n) is 8.13. The highest BCUT2D eigenvalue weighted by molar-refractivity contribution is 7.92. The normalized spacial score (nSPS) is 11.8. The number of aromatic nitrogens is 3.